The summed E-state index contributed by atoms with van der Waals surface area (Å²) in [5.74, 6) is -0.523. The van der Waals surface area contributed by atoms with Crippen LogP contribution in [0.15, 0.2) is 41.0 Å². The van der Waals surface area contributed by atoms with Gasteiger partial charge in [-0.2, -0.15) is 13.2 Å². The normalized spacial score (nSPS) is 11.3. The van der Waals surface area contributed by atoms with Gasteiger partial charge in [-0.1, -0.05) is 12.1 Å². The van der Waals surface area contributed by atoms with E-state index in [0.29, 0.717) is 10.0 Å². The van der Waals surface area contributed by atoms with Crippen molar-refractivity contribution in [2.75, 3.05) is 12.5 Å². The number of nitrogens with one attached hydrogen (secondary N) is 1. The van der Waals surface area contributed by atoms with E-state index in [1.54, 1.807) is 12.3 Å². The highest BCUT2D eigenvalue weighted by atomic mass is 79.9. The molecule has 1 heterocycles. The number of hydrogen-bond donors (Lipinski definition) is 1. The number of nitrogens with zero attached hydrogens (tertiary/aromatic N) is 1. The smallest absolute Gasteiger partial charge is 0.416 e. The lowest BCUT2D eigenvalue weighted by atomic mass is 10.1. The van der Waals surface area contributed by atoms with Crippen LogP contribution in [0.5, 0.6) is 0 Å². The lowest BCUT2D eigenvalue weighted by Gasteiger charge is -2.12. The molecule has 0 bridgehead atoms. The molecule has 0 saturated carbocycles. The number of hydrogen-bond acceptors (Lipinski definition) is 3. The van der Waals surface area contributed by atoms with Crippen LogP contribution in [0, 0.1) is 0 Å². The number of rotatable bonds is 4. The zero-order valence-electron chi connectivity index (χ0n) is 11.4. The van der Waals surface area contributed by atoms with Crippen LogP contribution in [0.1, 0.15) is 21.6 Å². The molecule has 22 heavy (non-hydrogen) atoms. The standard InChI is InChI=1S/C14H12BrF3N2O2/c1-22-13(21)12-6-11(15)8-20(12)19-7-9-2-4-10(5-3-9)14(16,17)18/h2-6,8,19H,7H2,1H3. The SMILES string of the molecule is COC(=O)c1cc(Br)cn1NCc1ccc(C(F)(F)F)cc1. The second-order valence-corrected chi connectivity index (χ2v) is 5.35. The number of carbonyl (C=O) groups excluding carboxylic acids is 1. The summed E-state index contributed by atoms with van der Waals surface area (Å²) in [5.41, 5.74) is 3.16. The van der Waals surface area contributed by atoms with Gasteiger partial charge in [-0.05, 0) is 39.7 Å². The molecule has 1 aromatic carbocycles. The summed E-state index contributed by atoms with van der Waals surface area (Å²) >= 11 is 3.24. The summed E-state index contributed by atoms with van der Waals surface area (Å²) in [5, 5.41) is 0. The minimum absolute atomic E-state index is 0.253. The van der Waals surface area contributed by atoms with Crippen molar-refractivity contribution < 1.29 is 22.7 Å². The summed E-state index contributed by atoms with van der Waals surface area (Å²) in [6.07, 6.45) is -2.73. The molecular weight excluding hydrogens is 365 g/mol. The summed E-state index contributed by atoms with van der Waals surface area (Å²) in [4.78, 5) is 11.6. The Morgan fingerprint density at radius 2 is 1.95 bits per heavy atom. The largest absolute Gasteiger partial charge is 0.464 e. The lowest BCUT2D eigenvalue weighted by Crippen LogP contribution is -2.19. The van der Waals surface area contributed by atoms with Crippen LogP contribution < -0.4 is 5.43 Å². The fourth-order valence-corrected chi connectivity index (χ4v) is 2.23. The highest BCUT2D eigenvalue weighted by Crippen LogP contribution is 2.29. The van der Waals surface area contributed by atoms with E-state index in [4.69, 9.17) is 0 Å². The van der Waals surface area contributed by atoms with Crippen molar-refractivity contribution in [2.45, 2.75) is 12.7 Å². The average Bonchev–Trinajstić information content (AvgIpc) is 2.85. The first-order chi connectivity index (χ1) is 10.3. The van der Waals surface area contributed by atoms with Crippen LogP contribution in [-0.2, 0) is 17.5 Å². The highest BCUT2D eigenvalue weighted by molar-refractivity contribution is 9.10. The number of halogens is 4. The molecule has 0 unspecified atom stereocenters. The van der Waals surface area contributed by atoms with Crippen molar-refractivity contribution in [1.29, 1.82) is 0 Å². The molecule has 1 aromatic heterocycles. The second-order valence-electron chi connectivity index (χ2n) is 4.43. The van der Waals surface area contributed by atoms with Crippen molar-refractivity contribution in [3.63, 3.8) is 0 Å². The molecule has 8 heteroatoms. The molecule has 0 amide bonds. The minimum Gasteiger partial charge on any atom is -0.464 e. The molecule has 2 aromatic rings. The number of ether oxygens (including phenoxy) is 1. The molecule has 0 aliphatic carbocycles. The molecule has 2 rings (SSSR count). The number of aromatic nitrogens is 1. The van der Waals surface area contributed by atoms with E-state index < -0.39 is 17.7 Å². The molecule has 0 atom stereocenters. The van der Waals surface area contributed by atoms with Crippen LogP contribution in [-0.4, -0.2) is 17.8 Å². The van der Waals surface area contributed by atoms with Gasteiger partial charge in [-0.15, -0.1) is 0 Å². The summed E-state index contributed by atoms with van der Waals surface area (Å²) in [6, 6.07) is 6.37. The van der Waals surface area contributed by atoms with E-state index >= 15 is 0 Å². The van der Waals surface area contributed by atoms with E-state index in [1.807, 2.05) is 0 Å². The summed E-state index contributed by atoms with van der Waals surface area (Å²) < 4.78 is 44.2. The Morgan fingerprint density at radius 3 is 2.50 bits per heavy atom. The summed E-state index contributed by atoms with van der Waals surface area (Å²) in [7, 11) is 1.27. The fraction of sp³-hybridized carbons (Fsp3) is 0.214. The Labute approximate surface area is 133 Å². The van der Waals surface area contributed by atoms with Crippen LogP contribution >= 0.6 is 15.9 Å². The van der Waals surface area contributed by atoms with Gasteiger partial charge in [0.1, 0.15) is 5.69 Å². The minimum atomic E-state index is -4.35. The monoisotopic (exact) mass is 376 g/mol. The second kappa shape index (κ2) is 6.43. The maximum absolute atomic E-state index is 12.5. The molecule has 0 saturated heterocycles. The third kappa shape index (κ3) is 3.82. The Kier molecular flexibility index (Phi) is 4.80. The van der Waals surface area contributed by atoms with Crippen molar-refractivity contribution >= 4 is 21.9 Å². The van der Waals surface area contributed by atoms with Crippen LogP contribution in [0.2, 0.25) is 0 Å². The van der Waals surface area contributed by atoms with Gasteiger partial charge in [-0.25, -0.2) is 4.79 Å². The lowest BCUT2D eigenvalue weighted by molar-refractivity contribution is -0.137. The van der Waals surface area contributed by atoms with Gasteiger partial charge in [0.2, 0.25) is 0 Å². The van der Waals surface area contributed by atoms with E-state index in [2.05, 4.69) is 26.1 Å². The number of methoxy groups -OCH3 is 1. The molecule has 118 valence electrons. The third-order valence-corrected chi connectivity index (χ3v) is 3.35. The van der Waals surface area contributed by atoms with Crippen LogP contribution in [0.3, 0.4) is 0 Å². The maximum atomic E-state index is 12.5. The van der Waals surface area contributed by atoms with E-state index in [1.165, 1.54) is 23.9 Å². The van der Waals surface area contributed by atoms with E-state index in [-0.39, 0.29) is 12.2 Å². The van der Waals surface area contributed by atoms with Crippen LogP contribution in [0.4, 0.5) is 13.2 Å². The Morgan fingerprint density at radius 1 is 1.32 bits per heavy atom. The zero-order valence-corrected chi connectivity index (χ0v) is 13.0. The maximum Gasteiger partial charge on any atom is 0.416 e. The van der Waals surface area contributed by atoms with Gasteiger partial charge in [-0.3, -0.25) is 4.68 Å². The Bertz CT molecular complexity index is 666. The van der Waals surface area contributed by atoms with Crippen molar-refractivity contribution in [1.82, 2.24) is 4.68 Å². The molecule has 0 aliphatic heterocycles. The molecule has 0 spiro atoms. The predicted octanol–water partition coefficient (Wildman–Crippen LogP) is 3.80. The zero-order chi connectivity index (χ0) is 16.3. The molecule has 4 nitrogen and oxygen atoms in total. The molecule has 0 fully saturated rings. The molecule has 0 aliphatic rings. The van der Waals surface area contributed by atoms with E-state index in [9.17, 15) is 18.0 Å². The number of esters is 1. The quantitative estimate of drug-likeness (QED) is 0.825. The van der Waals surface area contributed by atoms with Crippen molar-refractivity contribution in [2.24, 2.45) is 0 Å². The first-order valence-electron chi connectivity index (χ1n) is 6.17. The predicted molar refractivity (Wildman–Crippen MR) is 78.0 cm³/mol. The Hall–Kier alpha value is -1.96. The first-order valence-corrected chi connectivity index (χ1v) is 6.97. The van der Waals surface area contributed by atoms with E-state index in [0.717, 1.165) is 12.1 Å². The average molecular weight is 377 g/mol. The summed E-state index contributed by atoms with van der Waals surface area (Å²) in [6.45, 7) is 0.253. The molecule has 0 radical (unpaired) electrons. The highest BCUT2D eigenvalue weighted by Gasteiger charge is 2.29. The third-order valence-electron chi connectivity index (χ3n) is 2.92. The Balaban J connectivity index is 2.09. The molecular formula is C14H12BrF3N2O2. The fourth-order valence-electron chi connectivity index (χ4n) is 1.81. The first kappa shape index (κ1) is 16.4. The number of carbonyl (C=O) groups is 1. The van der Waals surface area contributed by atoms with Crippen molar-refractivity contribution in [3.05, 3.63) is 57.8 Å². The van der Waals surface area contributed by atoms with Gasteiger partial charge < -0.3 is 10.2 Å². The van der Waals surface area contributed by atoms with Crippen molar-refractivity contribution in [3.8, 4) is 0 Å². The van der Waals surface area contributed by atoms with Gasteiger partial charge in [0, 0.05) is 10.7 Å². The number of alkyl halides is 3. The van der Waals surface area contributed by atoms with Gasteiger partial charge in [0.05, 0.1) is 19.2 Å². The van der Waals surface area contributed by atoms with Gasteiger partial charge in [0.15, 0.2) is 0 Å². The van der Waals surface area contributed by atoms with Gasteiger partial charge >= 0.3 is 12.1 Å². The topological polar surface area (TPSA) is 43.3 Å². The number of benzene rings is 1. The van der Waals surface area contributed by atoms with Crippen LogP contribution in [0.25, 0.3) is 0 Å². The molecule has 1 N–H and O–H groups in total. The van der Waals surface area contributed by atoms with Gasteiger partial charge in [0.25, 0.3) is 0 Å².